The van der Waals surface area contributed by atoms with Crippen LogP contribution in [-0.2, 0) is 14.8 Å². The fourth-order valence-electron chi connectivity index (χ4n) is 2.76. The Balaban J connectivity index is 1.85. The van der Waals surface area contributed by atoms with Crippen molar-refractivity contribution in [1.82, 2.24) is 5.16 Å². The first-order valence-electron chi connectivity index (χ1n) is 8.90. The number of carbonyl (C=O) groups excluding carboxylic acids is 1. The van der Waals surface area contributed by atoms with Gasteiger partial charge in [-0.1, -0.05) is 5.16 Å². The molecule has 0 fully saturated rings. The van der Waals surface area contributed by atoms with Crippen molar-refractivity contribution in [3.63, 3.8) is 0 Å². The standard InChI is InChI=1S/C20H21N3O5S/c1-4-27-18-9-5-16(6-10-18)23(15(3)24)17-7-11-19(12-8-17)29(25,26)22-20-13-14(2)28-21-20/h5-13H,4H2,1-3H3,(H,21,22). The summed E-state index contributed by atoms with van der Waals surface area (Å²) in [6, 6.07) is 14.6. The van der Waals surface area contributed by atoms with E-state index >= 15 is 0 Å². The first kappa shape index (κ1) is 20.4. The first-order valence-corrected chi connectivity index (χ1v) is 10.4. The van der Waals surface area contributed by atoms with E-state index < -0.39 is 10.0 Å². The fraction of sp³-hybridized carbons (Fsp3) is 0.200. The van der Waals surface area contributed by atoms with Crippen LogP contribution in [0.5, 0.6) is 5.75 Å². The number of hydrogen-bond acceptors (Lipinski definition) is 6. The number of benzene rings is 2. The number of aryl methyl sites for hydroxylation is 1. The molecular formula is C20H21N3O5S. The molecule has 2 aromatic carbocycles. The van der Waals surface area contributed by atoms with Crippen molar-refractivity contribution in [2.24, 2.45) is 0 Å². The summed E-state index contributed by atoms with van der Waals surface area (Å²) < 4.78 is 37.7. The summed E-state index contributed by atoms with van der Waals surface area (Å²) in [5.74, 6) is 1.09. The molecule has 0 spiro atoms. The molecule has 3 aromatic rings. The maximum Gasteiger partial charge on any atom is 0.263 e. The van der Waals surface area contributed by atoms with Gasteiger partial charge in [-0.3, -0.25) is 14.4 Å². The van der Waals surface area contributed by atoms with Crippen molar-refractivity contribution in [1.29, 1.82) is 0 Å². The van der Waals surface area contributed by atoms with Crippen LogP contribution in [0.1, 0.15) is 19.6 Å². The topological polar surface area (TPSA) is 102 Å². The molecule has 1 aromatic heterocycles. The van der Waals surface area contributed by atoms with Gasteiger partial charge >= 0.3 is 0 Å². The van der Waals surface area contributed by atoms with E-state index in [1.807, 2.05) is 6.92 Å². The molecule has 3 rings (SSSR count). The van der Waals surface area contributed by atoms with Crippen molar-refractivity contribution in [2.45, 2.75) is 25.7 Å². The lowest BCUT2D eigenvalue weighted by molar-refractivity contribution is -0.115. The van der Waals surface area contributed by atoms with Gasteiger partial charge in [-0.15, -0.1) is 0 Å². The molecule has 0 atom stereocenters. The van der Waals surface area contributed by atoms with Crippen molar-refractivity contribution in [2.75, 3.05) is 16.2 Å². The Morgan fingerprint density at radius 3 is 2.17 bits per heavy atom. The zero-order valence-corrected chi connectivity index (χ0v) is 17.1. The summed E-state index contributed by atoms with van der Waals surface area (Å²) in [5.41, 5.74) is 1.19. The predicted octanol–water partition coefficient (Wildman–Crippen LogP) is 3.87. The monoisotopic (exact) mass is 415 g/mol. The molecule has 0 unspecified atom stereocenters. The number of anilines is 3. The number of sulfonamides is 1. The van der Waals surface area contributed by atoms with Crippen LogP contribution in [0, 0.1) is 6.92 Å². The minimum Gasteiger partial charge on any atom is -0.494 e. The van der Waals surface area contributed by atoms with E-state index in [2.05, 4.69) is 9.88 Å². The number of amides is 1. The van der Waals surface area contributed by atoms with Crippen LogP contribution in [0.2, 0.25) is 0 Å². The number of hydrogen-bond donors (Lipinski definition) is 1. The van der Waals surface area contributed by atoms with E-state index in [1.54, 1.807) is 43.3 Å². The molecule has 0 aliphatic carbocycles. The number of carbonyl (C=O) groups is 1. The molecule has 0 aliphatic rings. The highest BCUT2D eigenvalue weighted by atomic mass is 32.2. The summed E-state index contributed by atoms with van der Waals surface area (Å²) in [6.07, 6.45) is 0. The molecule has 152 valence electrons. The smallest absolute Gasteiger partial charge is 0.263 e. The lowest BCUT2D eigenvalue weighted by Crippen LogP contribution is -2.22. The van der Waals surface area contributed by atoms with Gasteiger partial charge in [-0.2, -0.15) is 0 Å². The van der Waals surface area contributed by atoms with Crippen LogP contribution in [0.4, 0.5) is 17.2 Å². The zero-order chi connectivity index (χ0) is 21.0. The van der Waals surface area contributed by atoms with Crippen LogP contribution in [0.3, 0.4) is 0 Å². The predicted molar refractivity (Wildman–Crippen MR) is 109 cm³/mol. The van der Waals surface area contributed by atoms with Crippen LogP contribution in [0.25, 0.3) is 0 Å². The average Bonchev–Trinajstić information content (AvgIpc) is 3.08. The van der Waals surface area contributed by atoms with E-state index in [-0.39, 0.29) is 16.6 Å². The lowest BCUT2D eigenvalue weighted by atomic mass is 10.2. The number of rotatable bonds is 7. The van der Waals surface area contributed by atoms with E-state index in [0.29, 0.717) is 29.5 Å². The number of aromatic nitrogens is 1. The average molecular weight is 415 g/mol. The Labute approximate surface area is 169 Å². The third-order valence-electron chi connectivity index (χ3n) is 3.99. The highest BCUT2D eigenvalue weighted by molar-refractivity contribution is 7.92. The van der Waals surface area contributed by atoms with Crippen molar-refractivity contribution < 1.29 is 22.5 Å². The molecule has 8 nitrogen and oxygen atoms in total. The van der Waals surface area contributed by atoms with Crippen LogP contribution >= 0.6 is 0 Å². The Kier molecular flexibility index (Phi) is 5.88. The van der Waals surface area contributed by atoms with Gasteiger partial charge in [-0.05, 0) is 62.4 Å². The largest absolute Gasteiger partial charge is 0.494 e. The van der Waals surface area contributed by atoms with Gasteiger partial charge in [0.15, 0.2) is 5.82 Å². The Morgan fingerprint density at radius 1 is 1.10 bits per heavy atom. The minimum atomic E-state index is -3.83. The van der Waals surface area contributed by atoms with Crippen molar-refractivity contribution >= 4 is 33.1 Å². The molecule has 9 heteroatoms. The minimum absolute atomic E-state index is 0.0390. The normalized spacial score (nSPS) is 11.1. The quantitative estimate of drug-likeness (QED) is 0.629. The van der Waals surface area contributed by atoms with Crippen molar-refractivity contribution in [3.05, 3.63) is 60.4 Å². The molecule has 0 saturated carbocycles. The summed E-state index contributed by atoms with van der Waals surface area (Å²) in [7, 11) is -3.83. The summed E-state index contributed by atoms with van der Waals surface area (Å²) >= 11 is 0. The summed E-state index contributed by atoms with van der Waals surface area (Å²) in [6.45, 7) is 5.55. The second-order valence-corrected chi connectivity index (χ2v) is 7.89. The molecule has 0 bridgehead atoms. The van der Waals surface area contributed by atoms with Crippen LogP contribution in [0.15, 0.2) is 64.0 Å². The Bertz CT molecular complexity index is 1090. The maximum atomic E-state index is 12.5. The molecule has 0 aliphatic heterocycles. The number of nitrogens with one attached hydrogen (secondary N) is 1. The third kappa shape index (κ3) is 4.75. The van der Waals surface area contributed by atoms with Crippen LogP contribution < -0.4 is 14.4 Å². The fourth-order valence-corrected chi connectivity index (χ4v) is 3.74. The van der Waals surface area contributed by atoms with Gasteiger partial charge in [0.05, 0.1) is 11.5 Å². The van der Waals surface area contributed by atoms with Gasteiger partial charge in [0, 0.05) is 24.4 Å². The van der Waals surface area contributed by atoms with E-state index in [0.717, 1.165) is 0 Å². The zero-order valence-electron chi connectivity index (χ0n) is 16.2. The first-order chi connectivity index (χ1) is 13.8. The highest BCUT2D eigenvalue weighted by Gasteiger charge is 2.19. The number of nitrogens with zero attached hydrogens (tertiary/aromatic N) is 2. The second kappa shape index (κ2) is 8.36. The summed E-state index contributed by atoms with van der Waals surface area (Å²) in [4.78, 5) is 13.8. The van der Waals surface area contributed by atoms with Gasteiger partial charge < -0.3 is 9.26 Å². The van der Waals surface area contributed by atoms with Gasteiger partial charge in [0.1, 0.15) is 11.5 Å². The molecule has 1 heterocycles. The van der Waals surface area contributed by atoms with Crippen LogP contribution in [-0.4, -0.2) is 26.1 Å². The SMILES string of the molecule is CCOc1ccc(N(C(C)=O)c2ccc(S(=O)(=O)Nc3cc(C)on3)cc2)cc1. The Morgan fingerprint density at radius 2 is 1.69 bits per heavy atom. The van der Waals surface area contributed by atoms with E-state index in [9.17, 15) is 13.2 Å². The molecule has 29 heavy (non-hydrogen) atoms. The maximum absolute atomic E-state index is 12.5. The van der Waals surface area contributed by atoms with Crippen molar-refractivity contribution in [3.8, 4) is 5.75 Å². The van der Waals surface area contributed by atoms with Gasteiger partial charge in [0.2, 0.25) is 5.91 Å². The second-order valence-electron chi connectivity index (χ2n) is 6.20. The Hall–Kier alpha value is -3.33. The van der Waals surface area contributed by atoms with Gasteiger partial charge in [0.25, 0.3) is 10.0 Å². The third-order valence-corrected chi connectivity index (χ3v) is 5.36. The number of ether oxygens (including phenoxy) is 1. The summed E-state index contributed by atoms with van der Waals surface area (Å²) in [5, 5.41) is 3.63. The van der Waals surface area contributed by atoms with E-state index in [4.69, 9.17) is 9.26 Å². The van der Waals surface area contributed by atoms with Gasteiger partial charge in [-0.25, -0.2) is 8.42 Å². The van der Waals surface area contributed by atoms with E-state index in [1.165, 1.54) is 30.0 Å². The molecular weight excluding hydrogens is 394 g/mol. The molecule has 0 radical (unpaired) electrons. The molecule has 1 N–H and O–H groups in total. The molecule has 1 amide bonds. The highest BCUT2D eigenvalue weighted by Crippen LogP contribution is 2.29. The molecule has 0 saturated heterocycles. The lowest BCUT2D eigenvalue weighted by Gasteiger charge is -2.22.